The summed E-state index contributed by atoms with van der Waals surface area (Å²) in [5.74, 6) is 0.562. The molecule has 2 aliphatic rings. The number of aliphatic hydroxyl groups excluding tert-OH is 1. The van der Waals surface area contributed by atoms with Crippen molar-refractivity contribution >= 4 is 5.91 Å². The maximum atomic E-state index is 12.3. The summed E-state index contributed by atoms with van der Waals surface area (Å²) < 4.78 is 5.87. The van der Waals surface area contributed by atoms with Crippen LogP contribution < -0.4 is 10.1 Å². The molecule has 1 amide bonds. The van der Waals surface area contributed by atoms with Crippen LogP contribution in [0, 0.1) is 11.3 Å². The quantitative estimate of drug-likeness (QED) is 0.792. The van der Waals surface area contributed by atoms with E-state index in [1.807, 2.05) is 0 Å². The number of piperazine rings is 1. The Labute approximate surface area is 129 Å². The minimum Gasteiger partial charge on any atom is -0.485 e. The van der Waals surface area contributed by atoms with E-state index >= 15 is 0 Å². The van der Waals surface area contributed by atoms with E-state index in [4.69, 9.17) is 10.00 Å². The largest absolute Gasteiger partial charge is 0.485 e. The number of amides is 1. The van der Waals surface area contributed by atoms with Crippen LogP contribution in [0.1, 0.15) is 31.0 Å². The van der Waals surface area contributed by atoms with Gasteiger partial charge in [-0.15, -0.1) is 0 Å². The normalized spacial score (nSPS) is 26.8. The van der Waals surface area contributed by atoms with Crippen LogP contribution >= 0.6 is 0 Å². The summed E-state index contributed by atoms with van der Waals surface area (Å²) in [5.41, 5.74) is 0.375. The zero-order valence-corrected chi connectivity index (χ0v) is 12.7. The Morgan fingerprint density at radius 2 is 2.27 bits per heavy atom. The van der Waals surface area contributed by atoms with Crippen LogP contribution in [-0.4, -0.2) is 47.3 Å². The summed E-state index contributed by atoms with van der Waals surface area (Å²) in [6, 6.07) is 6.72. The lowest BCUT2D eigenvalue weighted by molar-refractivity contribution is -0.145. The summed E-state index contributed by atoms with van der Waals surface area (Å²) in [6.45, 7) is 5.07. The van der Waals surface area contributed by atoms with E-state index in [2.05, 4.69) is 11.4 Å². The Morgan fingerprint density at radius 3 is 2.95 bits per heavy atom. The second kappa shape index (κ2) is 5.27. The molecule has 2 atom stereocenters. The van der Waals surface area contributed by atoms with Crippen LogP contribution in [0.5, 0.6) is 5.75 Å². The lowest BCUT2D eigenvalue weighted by Gasteiger charge is -2.47. The number of benzene rings is 1. The van der Waals surface area contributed by atoms with Gasteiger partial charge in [-0.3, -0.25) is 4.79 Å². The Kier molecular flexibility index (Phi) is 3.55. The molecule has 3 rings (SSSR count). The van der Waals surface area contributed by atoms with Gasteiger partial charge in [-0.1, -0.05) is 0 Å². The Hall–Kier alpha value is -2.10. The first kappa shape index (κ1) is 14.8. The summed E-state index contributed by atoms with van der Waals surface area (Å²) in [6.07, 6.45) is -0.865. The maximum Gasteiger partial charge on any atom is 0.237 e. The van der Waals surface area contributed by atoms with Crippen LogP contribution in [-0.2, 0) is 4.79 Å². The minimum atomic E-state index is -0.865. The third-order valence-corrected chi connectivity index (χ3v) is 4.30. The fourth-order valence-electron chi connectivity index (χ4n) is 3.09. The Balaban J connectivity index is 2.10. The van der Waals surface area contributed by atoms with Gasteiger partial charge in [0.25, 0.3) is 0 Å². The van der Waals surface area contributed by atoms with E-state index in [1.165, 1.54) is 0 Å². The van der Waals surface area contributed by atoms with Gasteiger partial charge in [0.05, 0.1) is 24.2 Å². The molecular weight excluding hydrogens is 282 g/mol. The predicted molar refractivity (Wildman–Crippen MR) is 79.2 cm³/mol. The molecule has 6 nitrogen and oxygen atoms in total. The van der Waals surface area contributed by atoms with Crippen LogP contribution in [0.15, 0.2) is 18.2 Å². The van der Waals surface area contributed by atoms with Gasteiger partial charge in [-0.05, 0) is 32.0 Å². The molecule has 0 aliphatic carbocycles. The molecule has 0 aromatic heterocycles. The molecule has 2 N–H and O–H groups in total. The molecule has 2 aliphatic heterocycles. The number of fused-ring (bicyclic) bond motifs is 1. The highest BCUT2D eigenvalue weighted by atomic mass is 16.5. The molecule has 1 aromatic carbocycles. The van der Waals surface area contributed by atoms with Crippen LogP contribution in [0.3, 0.4) is 0 Å². The standard InChI is InChI=1S/C16H19N3O3/c1-16(2)15(21)14(19-6-5-18-9-13(19)20)11-7-10(8-17)3-4-12(11)22-16/h3-4,7,14-15,18,21H,5-6,9H2,1-2H3/t14-,15+/m0/s1. The van der Waals surface area contributed by atoms with E-state index in [0.29, 0.717) is 30.0 Å². The monoisotopic (exact) mass is 301 g/mol. The number of hydrogen-bond acceptors (Lipinski definition) is 5. The molecule has 0 spiro atoms. The van der Waals surface area contributed by atoms with Crippen LogP contribution in [0.25, 0.3) is 0 Å². The molecule has 22 heavy (non-hydrogen) atoms. The first-order valence-corrected chi connectivity index (χ1v) is 7.35. The van der Waals surface area contributed by atoms with Crippen molar-refractivity contribution in [3.05, 3.63) is 29.3 Å². The summed E-state index contributed by atoms with van der Waals surface area (Å²) in [4.78, 5) is 13.9. The van der Waals surface area contributed by atoms with Gasteiger partial charge in [-0.2, -0.15) is 5.26 Å². The second-order valence-electron chi connectivity index (χ2n) is 6.22. The van der Waals surface area contributed by atoms with E-state index in [1.54, 1.807) is 36.9 Å². The Bertz CT molecular complexity index is 651. The highest BCUT2D eigenvalue weighted by molar-refractivity contribution is 5.80. The molecule has 2 heterocycles. The molecule has 0 unspecified atom stereocenters. The molecule has 1 saturated heterocycles. The van der Waals surface area contributed by atoms with Crippen molar-refractivity contribution in [3.63, 3.8) is 0 Å². The third-order valence-electron chi connectivity index (χ3n) is 4.30. The van der Waals surface area contributed by atoms with Gasteiger partial charge in [0.1, 0.15) is 17.5 Å². The van der Waals surface area contributed by atoms with Crippen LogP contribution in [0.2, 0.25) is 0 Å². The van der Waals surface area contributed by atoms with Crippen molar-refractivity contribution in [1.82, 2.24) is 10.2 Å². The molecule has 6 heteroatoms. The number of nitriles is 1. The smallest absolute Gasteiger partial charge is 0.237 e. The van der Waals surface area contributed by atoms with Gasteiger partial charge in [-0.25, -0.2) is 0 Å². The van der Waals surface area contributed by atoms with Gasteiger partial charge in [0.2, 0.25) is 5.91 Å². The van der Waals surface area contributed by atoms with Gasteiger partial charge < -0.3 is 20.1 Å². The van der Waals surface area contributed by atoms with Crippen molar-refractivity contribution < 1.29 is 14.6 Å². The third kappa shape index (κ3) is 2.32. The predicted octanol–water partition coefficient (Wildman–Crippen LogP) is 0.563. The van der Waals surface area contributed by atoms with Crippen molar-refractivity contribution in [2.45, 2.75) is 31.6 Å². The molecule has 1 fully saturated rings. The first-order chi connectivity index (χ1) is 10.4. The average Bonchev–Trinajstić information content (AvgIpc) is 2.49. The van der Waals surface area contributed by atoms with Crippen molar-refractivity contribution in [2.24, 2.45) is 0 Å². The topological polar surface area (TPSA) is 85.6 Å². The number of nitrogens with zero attached hydrogens (tertiary/aromatic N) is 2. The van der Waals surface area contributed by atoms with Crippen molar-refractivity contribution in [2.75, 3.05) is 19.6 Å². The number of hydrogen-bond donors (Lipinski definition) is 2. The molecule has 0 radical (unpaired) electrons. The van der Waals surface area contributed by atoms with E-state index < -0.39 is 17.7 Å². The molecule has 0 saturated carbocycles. The summed E-state index contributed by atoms with van der Waals surface area (Å²) in [7, 11) is 0. The van der Waals surface area contributed by atoms with Gasteiger partial charge in [0.15, 0.2) is 0 Å². The van der Waals surface area contributed by atoms with Gasteiger partial charge in [0, 0.05) is 18.7 Å². The van der Waals surface area contributed by atoms with E-state index in [0.717, 1.165) is 0 Å². The number of rotatable bonds is 1. The molecule has 1 aromatic rings. The minimum absolute atomic E-state index is 0.0543. The Morgan fingerprint density at radius 1 is 1.50 bits per heavy atom. The molecule has 0 bridgehead atoms. The van der Waals surface area contributed by atoms with E-state index in [9.17, 15) is 9.90 Å². The number of ether oxygens (including phenoxy) is 1. The molecule has 116 valence electrons. The lowest BCUT2D eigenvalue weighted by atomic mass is 9.84. The molecular formula is C16H19N3O3. The number of carbonyl (C=O) groups excluding carboxylic acids is 1. The van der Waals surface area contributed by atoms with Gasteiger partial charge >= 0.3 is 0 Å². The summed E-state index contributed by atoms with van der Waals surface area (Å²) in [5, 5.41) is 22.9. The number of aliphatic hydroxyl groups is 1. The second-order valence-corrected chi connectivity index (χ2v) is 6.22. The first-order valence-electron chi connectivity index (χ1n) is 7.35. The van der Waals surface area contributed by atoms with E-state index in [-0.39, 0.29) is 12.5 Å². The number of carbonyl (C=O) groups is 1. The van der Waals surface area contributed by atoms with Crippen molar-refractivity contribution in [3.8, 4) is 11.8 Å². The average molecular weight is 301 g/mol. The van der Waals surface area contributed by atoms with Crippen molar-refractivity contribution in [1.29, 1.82) is 5.26 Å². The SMILES string of the molecule is CC1(C)Oc2ccc(C#N)cc2[C@H](N2CCNCC2=O)[C@H]1O. The lowest BCUT2D eigenvalue weighted by Crippen LogP contribution is -2.58. The zero-order valence-electron chi connectivity index (χ0n) is 12.7. The van der Waals surface area contributed by atoms with Crippen LogP contribution in [0.4, 0.5) is 0 Å². The maximum absolute atomic E-state index is 12.3. The fourth-order valence-corrected chi connectivity index (χ4v) is 3.09. The number of nitrogens with one attached hydrogen (secondary N) is 1. The zero-order chi connectivity index (χ0) is 15.9. The highest BCUT2D eigenvalue weighted by Crippen LogP contribution is 2.43. The highest BCUT2D eigenvalue weighted by Gasteiger charge is 2.47. The fraction of sp³-hybridized carbons (Fsp3) is 0.500. The summed E-state index contributed by atoms with van der Waals surface area (Å²) >= 11 is 0.